The summed E-state index contributed by atoms with van der Waals surface area (Å²) >= 11 is 0. The highest BCUT2D eigenvalue weighted by Crippen LogP contribution is 2.26. The van der Waals surface area contributed by atoms with Gasteiger partial charge in [0.15, 0.2) is 0 Å². The van der Waals surface area contributed by atoms with Gasteiger partial charge in [0.1, 0.15) is 0 Å². The molecule has 6 nitrogen and oxygen atoms in total. The van der Waals surface area contributed by atoms with Crippen LogP contribution in [0.25, 0.3) is 0 Å². The topological polar surface area (TPSA) is 78.5 Å². The fraction of sp³-hybridized carbons (Fsp3) is 0.609. The van der Waals surface area contributed by atoms with Gasteiger partial charge in [-0.3, -0.25) is 14.4 Å². The van der Waals surface area contributed by atoms with Crippen molar-refractivity contribution in [1.29, 1.82) is 0 Å². The normalized spacial score (nSPS) is 21.9. The summed E-state index contributed by atoms with van der Waals surface area (Å²) in [4.78, 5) is 39.8. The van der Waals surface area contributed by atoms with Crippen LogP contribution in [-0.4, -0.2) is 42.3 Å². The first-order valence-corrected chi connectivity index (χ1v) is 11.0. The highest BCUT2D eigenvalue weighted by molar-refractivity contribution is 5.86. The molecule has 3 rings (SSSR count). The Morgan fingerprint density at radius 1 is 1.00 bits per heavy atom. The van der Waals surface area contributed by atoms with Crippen LogP contribution in [0.3, 0.4) is 0 Å². The summed E-state index contributed by atoms with van der Waals surface area (Å²) in [7, 11) is 0. The van der Waals surface area contributed by atoms with Gasteiger partial charge in [-0.05, 0) is 37.7 Å². The molecule has 0 aromatic heterocycles. The van der Waals surface area contributed by atoms with Crippen LogP contribution < -0.4 is 10.6 Å². The molecule has 1 aromatic rings. The molecule has 1 unspecified atom stereocenters. The zero-order valence-corrected chi connectivity index (χ0v) is 17.2. The second-order valence-corrected chi connectivity index (χ2v) is 8.18. The Balaban J connectivity index is 1.70. The zero-order chi connectivity index (χ0) is 20.5. The molecule has 1 aliphatic carbocycles. The highest BCUT2D eigenvalue weighted by Gasteiger charge is 2.28. The SMILES string of the molecule is O=C1CC(c2ccccc2)N(C(=O)CNC(=O)C2CCCCC2)CCCCCN1. The lowest BCUT2D eigenvalue weighted by Crippen LogP contribution is -2.45. The molecule has 1 saturated carbocycles. The minimum Gasteiger partial charge on any atom is -0.356 e. The minimum atomic E-state index is -0.312. The zero-order valence-electron chi connectivity index (χ0n) is 17.2. The molecule has 0 radical (unpaired) electrons. The van der Waals surface area contributed by atoms with Crippen LogP contribution in [0.4, 0.5) is 0 Å². The molecule has 1 heterocycles. The van der Waals surface area contributed by atoms with E-state index in [1.807, 2.05) is 30.3 Å². The summed E-state index contributed by atoms with van der Waals surface area (Å²) in [5.74, 6) is -0.124. The van der Waals surface area contributed by atoms with E-state index >= 15 is 0 Å². The first-order chi connectivity index (χ1) is 14.1. The van der Waals surface area contributed by atoms with Crippen molar-refractivity contribution < 1.29 is 14.4 Å². The summed E-state index contributed by atoms with van der Waals surface area (Å²) in [6.07, 6.45) is 8.20. The van der Waals surface area contributed by atoms with Crippen molar-refractivity contribution >= 4 is 17.7 Å². The van der Waals surface area contributed by atoms with Crippen LogP contribution in [0.5, 0.6) is 0 Å². The van der Waals surface area contributed by atoms with Gasteiger partial charge >= 0.3 is 0 Å². The molecule has 6 heteroatoms. The Bertz CT molecular complexity index is 686. The third kappa shape index (κ3) is 6.31. The van der Waals surface area contributed by atoms with Gasteiger partial charge < -0.3 is 15.5 Å². The van der Waals surface area contributed by atoms with Crippen molar-refractivity contribution in [2.45, 2.75) is 63.8 Å². The maximum absolute atomic E-state index is 13.1. The van der Waals surface area contributed by atoms with E-state index in [2.05, 4.69) is 10.6 Å². The number of amides is 3. The molecule has 29 heavy (non-hydrogen) atoms. The van der Waals surface area contributed by atoms with Crippen molar-refractivity contribution in [3.05, 3.63) is 35.9 Å². The van der Waals surface area contributed by atoms with Gasteiger partial charge in [-0.1, -0.05) is 49.6 Å². The lowest BCUT2D eigenvalue weighted by molar-refractivity contribution is -0.137. The molecule has 1 aromatic carbocycles. The number of hydrogen-bond acceptors (Lipinski definition) is 3. The van der Waals surface area contributed by atoms with Gasteiger partial charge in [-0.2, -0.15) is 0 Å². The van der Waals surface area contributed by atoms with E-state index < -0.39 is 0 Å². The van der Waals surface area contributed by atoms with Crippen LogP contribution in [0.2, 0.25) is 0 Å². The standard InChI is InChI=1S/C23H33N3O3/c27-21-16-20(18-10-4-1-5-11-18)26(15-9-3-8-14-24-21)22(28)17-25-23(29)19-12-6-2-7-13-19/h1,4-5,10-11,19-20H,2-3,6-9,12-17H2,(H,24,27)(H,25,29). The number of nitrogens with zero attached hydrogens (tertiary/aromatic N) is 1. The van der Waals surface area contributed by atoms with E-state index in [-0.39, 0.29) is 42.6 Å². The van der Waals surface area contributed by atoms with Crippen LogP contribution in [0.15, 0.2) is 30.3 Å². The lowest BCUT2D eigenvalue weighted by atomic mass is 9.89. The molecule has 0 bridgehead atoms. The first-order valence-electron chi connectivity index (χ1n) is 11.0. The van der Waals surface area contributed by atoms with Crippen LogP contribution in [-0.2, 0) is 14.4 Å². The summed E-state index contributed by atoms with van der Waals surface area (Å²) in [6, 6.07) is 9.41. The Morgan fingerprint density at radius 3 is 2.48 bits per heavy atom. The molecule has 2 aliphatic rings. The van der Waals surface area contributed by atoms with Crippen molar-refractivity contribution in [3.63, 3.8) is 0 Å². The number of rotatable bonds is 4. The molecule has 158 valence electrons. The fourth-order valence-electron chi connectivity index (χ4n) is 4.37. The highest BCUT2D eigenvalue weighted by atomic mass is 16.2. The molecular formula is C23H33N3O3. The number of benzene rings is 1. The molecular weight excluding hydrogens is 366 g/mol. The Morgan fingerprint density at radius 2 is 1.72 bits per heavy atom. The molecule has 1 aliphatic heterocycles. The predicted molar refractivity (Wildman–Crippen MR) is 112 cm³/mol. The Kier molecular flexibility index (Phi) is 8.08. The summed E-state index contributed by atoms with van der Waals surface area (Å²) in [6.45, 7) is 1.29. The van der Waals surface area contributed by atoms with Gasteiger partial charge in [0.05, 0.1) is 19.0 Å². The summed E-state index contributed by atoms with van der Waals surface area (Å²) in [5, 5.41) is 5.82. The largest absolute Gasteiger partial charge is 0.356 e. The number of nitrogens with one attached hydrogen (secondary N) is 2. The molecule has 1 atom stereocenters. The average molecular weight is 400 g/mol. The summed E-state index contributed by atoms with van der Waals surface area (Å²) in [5.41, 5.74) is 0.954. The van der Waals surface area contributed by atoms with E-state index in [4.69, 9.17) is 0 Å². The van der Waals surface area contributed by atoms with Gasteiger partial charge in [0.2, 0.25) is 17.7 Å². The van der Waals surface area contributed by atoms with Crippen molar-refractivity contribution in [1.82, 2.24) is 15.5 Å². The third-order valence-corrected chi connectivity index (χ3v) is 6.05. The van der Waals surface area contributed by atoms with Gasteiger partial charge in [0.25, 0.3) is 0 Å². The van der Waals surface area contributed by atoms with Crippen LogP contribution in [0.1, 0.15) is 69.4 Å². The van der Waals surface area contributed by atoms with Crippen molar-refractivity contribution in [3.8, 4) is 0 Å². The van der Waals surface area contributed by atoms with E-state index in [1.165, 1.54) is 6.42 Å². The van der Waals surface area contributed by atoms with Crippen molar-refractivity contribution in [2.75, 3.05) is 19.6 Å². The first kappa shape index (κ1) is 21.3. The Hall–Kier alpha value is -2.37. The number of carbonyl (C=O) groups is 3. The Labute approximate surface area is 173 Å². The number of carbonyl (C=O) groups excluding carboxylic acids is 3. The van der Waals surface area contributed by atoms with E-state index in [1.54, 1.807) is 4.90 Å². The van der Waals surface area contributed by atoms with Crippen molar-refractivity contribution in [2.24, 2.45) is 5.92 Å². The maximum Gasteiger partial charge on any atom is 0.242 e. The average Bonchev–Trinajstić information content (AvgIpc) is 2.77. The second-order valence-electron chi connectivity index (χ2n) is 8.18. The monoisotopic (exact) mass is 399 g/mol. The van der Waals surface area contributed by atoms with Gasteiger partial charge in [-0.15, -0.1) is 0 Å². The van der Waals surface area contributed by atoms with E-state index in [0.717, 1.165) is 50.5 Å². The molecule has 3 amide bonds. The summed E-state index contributed by atoms with van der Waals surface area (Å²) < 4.78 is 0. The van der Waals surface area contributed by atoms with E-state index in [9.17, 15) is 14.4 Å². The predicted octanol–water partition coefficient (Wildman–Crippen LogP) is 2.94. The molecule has 1 saturated heterocycles. The van der Waals surface area contributed by atoms with Gasteiger partial charge in [-0.25, -0.2) is 0 Å². The molecule has 2 N–H and O–H groups in total. The van der Waals surface area contributed by atoms with Crippen LogP contribution in [0, 0.1) is 5.92 Å². The smallest absolute Gasteiger partial charge is 0.242 e. The fourth-order valence-corrected chi connectivity index (χ4v) is 4.37. The van der Waals surface area contributed by atoms with Gasteiger partial charge in [0, 0.05) is 19.0 Å². The number of hydrogen-bond donors (Lipinski definition) is 2. The third-order valence-electron chi connectivity index (χ3n) is 6.05. The molecule has 0 spiro atoms. The van der Waals surface area contributed by atoms with Crippen LogP contribution >= 0.6 is 0 Å². The second kappa shape index (κ2) is 11.0. The molecule has 2 fully saturated rings. The minimum absolute atomic E-state index is 0.000284. The quantitative estimate of drug-likeness (QED) is 0.817. The lowest BCUT2D eigenvalue weighted by Gasteiger charge is -2.33. The van der Waals surface area contributed by atoms with E-state index in [0.29, 0.717) is 13.1 Å². The maximum atomic E-state index is 13.1.